The van der Waals surface area contributed by atoms with E-state index in [1.807, 2.05) is 67.6 Å². The summed E-state index contributed by atoms with van der Waals surface area (Å²) < 4.78 is 2.95. The van der Waals surface area contributed by atoms with E-state index in [4.69, 9.17) is 0 Å². The number of nitrogens with zero attached hydrogens (tertiary/aromatic N) is 5. The van der Waals surface area contributed by atoms with Crippen LogP contribution in [0.4, 0.5) is 0 Å². The van der Waals surface area contributed by atoms with Gasteiger partial charge in [0.2, 0.25) is 5.91 Å². The Labute approximate surface area is 167 Å². The number of carbonyl (C=O) groups is 1. The molecule has 1 amide bonds. The van der Waals surface area contributed by atoms with Crippen LogP contribution in [0.1, 0.15) is 18.5 Å². The zero-order valence-electron chi connectivity index (χ0n) is 16.3. The van der Waals surface area contributed by atoms with Crippen LogP contribution in [0, 0.1) is 0 Å². The minimum absolute atomic E-state index is 0.0774. The average Bonchev–Trinajstić information content (AvgIpc) is 3.20. The van der Waals surface area contributed by atoms with Crippen molar-refractivity contribution in [2.45, 2.75) is 19.5 Å². The molecule has 0 spiro atoms. The molecule has 0 aliphatic carbocycles. The number of hydrogen-bond acceptors (Lipinski definition) is 4. The van der Waals surface area contributed by atoms with Gasteiger partial charge in [-0.2, -0.15) is 5.10 Å². The van der Waals surface area contributed by atoms with E-state index in [1.54, 1.807) is 16.6 Å². The molecule has 4 rings (SSSR count). The summed E-state index contributed by atoms with van der Waals surface area (Å²) in [6.45, 7) is 1.88. The standard InChI is InChI=1S/C22H21N5O2/c1-16(17-9-5-3-6-10-17)25(2)20(28)14-26-15-23-21-19(22(26)29)13-24-27(21)18-11-7-4-8-12-18/h3-13,15-16H,14H2,1-2H3/t16-/m1/s1. The van der Waals surface area contributed by atoms with E-state index in [0.29, 0.717) is 11.0 Å². The lowest BCUT2D eigenvalue weighted by atomic mass is 10.1. The highest BCUT2D eigenvalue weighted by Crippen LogP contribution is 2.18. The second kappa shape index (κ2) is 7.71. The Kier molecular flexibility index (Phi) is 4.95. The van der Waals surface area contributed by atoms with Gasteiger partial charge in [-0.05, 0) is 24.6 Å². The summed E-state index contributed by atoms with van der Waals surface area (Å²) in [5, 5.41) is 4.67. The molecule has 7 heteroatoms. The number of benzene rings is 2. The van der Waals surface area contributed by atoms with Crippen molar-refractivity contribution >= 4 is 16.9 Å². The van der Waals surface area contributed by atoms with Crippen LogP contribution in [0.2, 0.25) is 0 Å². The molecule has 2 aromatic heterocycles. The first-order chi connectivity index (χ1) is 14.1. The van der Waals surface area contributed by atoms with Gasteiger partial charge in [0, 0.05) is 7.05 Å². The molecule has 1 atom stereocenters. The predicted octanol–water partition coefficient (Wildman–Crippen LogP) is 2.80. The molecule has 0 bridgehead atoms. The van der Waals surface area contributed by atoms with Gasteiger partial charge in [-0.25, -0.2) is 9.67 Å². The SMILES string of the molecule is C[C@H](c1ccccc1)N(C)C(=O)Cn1cnc2c(cnn2-c2ccccc2)c1=O. The molecular weight excluding hydrogens is 366 g/mol. The Hall–Kier alpha value is -3.74. The molecule has 2 heterocycles. The zero-order chi connectivity index (χ0) is 20.4. The van der Waals surface area contributed by atoms with Gasteiger partial charge in [-0.3, -0.25) is 14.2 Å². The third-order valence-corrected chi connectivity index (χ3v) is 5.12. The summed E-state index contributed by atoms with van der Waals surface area (Å²) in [6, 6.07) is 19.2. The van der Waals surface area contributed by atoms with E-state index in [2.05, 4.69) is 10.1 Å². The van der Waals surface area contributed by atoms with Gasteiger partial charge in [0.05, 0.1) is 17.9 Å². The van der Waals surface area contributed by atoms with Crippen LogP contribution in [0.15, 0.2) is 78.0 Å². The third kappa shape index (κ3) is 3.54. The molecule has 0 saturated heterocycles. The molecule has 146 valence electrons. The van der Waals surface area contributed by atoms with Crippen molar-refractivity contribution < 1.29 is 4.79 Å². The second-order valence-corrected chi connectivity index (χ2v) is 6.90. The average molecular weight is 387 g/mol. The number of carbonyl (C=O) groups excluding carboxylic acids is 1. The maximum absolute atomic E-state index is 12.9. The summed E-state index contributed by atoms with van der Waals surface area (Å²) in [5.41, 5.74) is 2.04. The van der Waals surface area contributed by atoms with Crippen LogP contribution in [0.5, 0.6) is 0 Å². The highest BCUT2D eigenvalue weighted by Gasteiger charge is 2.19. The number of rotatable bonds is 5. The minimum atomic E-state index is -0.286. The van der Waals surface area contributed by atoms with Crippen molar-refractivity contribution in [1.82, 2.24) is 24.2 Å². The largest absolute Gasteiger partial charge is 0.337 e. The van der Waals surface area contributed by atoms with Gasteiger partial charge >= 0.3 is 0 Å². The molecule has 0 aliphatic rings. The normalized spacial score (nSPS) is 12.1. The van der Waals surface area contributed by atoms with Gasteiger partial charge < -0.3 is 4.90 Å². The smallest absolute Gasteiger partial charge is 0.264 e. The molecule has 0 saturated carbocycles. The lowest BCUT2D eigenvalue weighted by Gasteiger charge is -2.25. The number of amides is 1. The Morgan fingerprint density at radius 1 is 1.07 bits per heavy atom. The van der Waals surface area contributed by atoms with Crippen LogP contribution >= 0.6 is 0 Å². The monoisotopic (exact) mass is 387 g/mol. The molecular formula is C22H21N5O2. The zero-order valence-corrected chi connectivity index (χ0v) is 16.3. The summed E-state index contributed by atoms with van der Waals surface area (Å²) in [4.78, 5) is 31.7. The van der Waals surface area contributed by atoms with Gasteiger partial charge in [0.15, 0.2) is 5.65 Å². The van der Waals surface area contributed by atoms with E-state index in [0.717, 1.165) is 11.3 Å². The molecule has 0 N–H and O–H groups in total. The summed E-state index contributed by atoms with van der Waals surface area (Å²) >= 11 is 0. The highest BCUT2D eigenvalue weighted by atomic mass is 16.2. The number of hydrogen-bond donors (Lipinski definition) is 0. The van der Waals surface area contributed by atoms with Crippen LogP contribution < -0.4 is 5.56 Å². The molecule has 0 fully saturated rings. The Bertz CT molecular complexity index is 1200. The van der Waals surface area contributed by atoms with Crippen LogP contribution in [-0.2, 0) is 11.3 Å². The maximum Gasteiger partial charge on any atom is 0.264 e. The fraction of sp³-hybridized carbons (Fsp3) is 0.182. The quantitative estimate of drug-likeness (QED) is 0.528. The lowest BCUT2D eigenvalue weighted by Crippen LogP contribution is -2.35. The molecule has 2 aromatic carbocycles. The maximum atomic E-state index is 12.9. The van der Waals surface area contributed by atoms with Crippen LogP contribution in [-0.4, -0.2) is 37.2 Å². The van der Waals surface area contributed by atoms with E-state index >= 15 is 0 Å². The van der Waals surface area contributed by atoms with Crippen molar-refractivity contribution in [3.05, 3.63) is 89.1 Å². The van der Waals surface area contributed by atoms with Crippen LogP contribution in [0.25, 0.3) is 16.7 Å². The van der Waals surface area contributed by atoms with Crippen molar-refractivity contribution in [2.24, 2.45) is 0 Å². The molecule has 0 aliphatic heterocycles. The van der Waals surface area contributed by atoms with Crippen molar-refractivity contribution in [1.29, 1.82) is 0 Å². The lowest BCUT2D eigenvalue weighted by molar-refractivity contribution is -0.132. The van der Waals surface area contributed by atoms with E-state index in [9.17, 15) is 9.59 Å². The number of aromatic nitrogens is 4. The first-order valence-corrected chi connectivity index (χ1v) is 9.35. The molecule has 4 aromatic rings. The van der Waals surface area contributed by atoms with E-state index < -0.39 is 0 Å². The third-order valence-electron chi connectivity index (χ3n) is 5.12. The predicted molar refractivity (Wildman–Crippen MR) is 111 cm³/mol. The molecule has 0 unspecified atom stereocenters. The Balaban J connectivity index is 1.59. The topological polar surface area (TPSA) is 73.0 Å². The Morgan fingerprint density at radius 2 is 1.72 bits per heavy atom. The summed E-state index contributed by atoms with van der Waals surface area (Å²) in [7, 11) is 1.74. The van der Waals surface area contributed by atoms with Crippen molar-refractivity contribution in [3.63, 3.8) is 0 Å². The number of likely N-dealkylation sites (N-methyl/N-ethyl adjacent to an activating group) is 1. The number of para-hydroxylation sites is 1. The first kappa shape index (κ1) is 18.6. The Morgan fingerprint density at radius 3 is 2.41 bits per heavy atom. The first-order valence-electron chi connectivity index (χ1n) is 9.35. The van der Waals surface area contributed by atoms with Gasteiger partial charge in [0.25, 0.3) is 5.56 Å². The number of fused-ring (bicyclic) bond motifs is 1. The molecule has 7 nitrogen and oxygen atoms in total. The summed E-state index contributed by atoms with van der Waals surface area (Å²) in [5.74, 6) is -0.167. The van der Waals surface area contributed by atoms with E-state index in [-0.39, 0.29) is 24.1 Å². The van der Waals surface area contributed by atoms with Gasteiger partial charge in [-0.1, -0.05) is 48.5 Å². The minimum Gasteiger partial charge on any atom is -0.337 e. The van der Waals surface area contributed by atoms with Crippen LogP contribution in [0.3, 0.4) is 0 Å². The highest BCUT2D eigenvalue weighted by molar-refractivity contribution is 5.78. The summed E-state index contributed by atoms with van der Waals surface area (Å²) in [6.07, 6.45) is 2.90. The van der Waals surface area contributed by atoms with E-state index in [1.165, 1.54) is 17.1 Å². The van der Waals surface area contributed by atoms with Crippen molar-refractivity contribution in [2.75, 3.05) is 7.05 Å². The van der Waals surface area contributed by atoms with Crippen molar-refractivity contribution in [3.8, 4) is 5.69 Å². The fourth-order valence-corrected chi connectivity index (χ4v) is 3.25. The second-order valence-electron chi connectivity index (χ2n) is 6.90. The molecule has 0 radical (unpaired) electrons. The van der Waals surface area contributed by atoms with Gasteiger partial charge in [-0.15, -0.1) is 0 Å². The molecule has 29 heavy (non-hydrogen) atoms. The van der Waals surface area contributed by atoms with Gasteiger partial charge in [0.1, 0.15) is 18.3 Å². The fourth-order valence-electron chi connectivity index (χ4n) is 3.25.